The Morgan fingerprint density at radius 2 is 1.79 bits per heavy atom. The summed E-state index contributed by atoms with van der Waals surface area (Å²) in [7, 11) is -1.96. The zero-order valence-corrected chi connectivity index (χ0v) is 23.9. The van der Waals surface area contributed by atoms with Gasteiger partial charge in [0.2, 0.25) is 5.88 Å². The number of nitrogens with zero attached hydrogens (tertiary/aromatic N) is 3. The fourth-order valence-corrected chi connectivity index (χ4v) is 7.20. The van der Waals surface area contributed by atoms with Gasteiger partial charge in [0.05, 0.1) is 27.6 Å². The molecule has 0 aliphatic heterocycles. The molecule has 1 aliphatic rings. The van der Waals surface area contributed by atoms with E-state index in [0.717, 1.165) is 45.1 Å². The van der Waals surface area contributed by atoms with E-state index in [2.05, 4.69) is 58.8 Å². The lowest BCUT2D eigenvalue weighted by Crippen LogP contribution is -2.48. The lowest BCUT2D eigenvalue weighted by Gasteiger charge is -2.41. The van der Waals surface area contributed by atoms with Crippen molar-refractivity contribution in [3.63, 3.8) is 0 Å². The predicted octanol–water partition coefficient (Wildman–Crippen LogP) is 7.57. The van der Waals surface area contributed by atoms with Crippen molar-refractivity contribution in [2.75, 3.05) is 0 Å². The van der Waals surface area contributed by atoms with Gasteiger partial charge in [-0.2, -0.15) is 4.98 Å². The van der Waals surface area contributed by atoms with Crippen molar-refractivity contribution in [1.82, 2.24) is 15.0 Å². The molecule has 1 saturated carbocycles. The summed E-state index contributed by atoms with van der Waals surface area (Å²) in [5.41, 5.74) is 2.81. The first-order chi connectivity index (χ1) is 15.9. The van der Waals surface area contributed by atoms with E-state index in [1.807, 2.05) is 32.0 Å². The highest BCUT2D eigenvalue weighted by Crippen LogP contribution is 2.45. The van der Waals surface area contributed by atoms with Crippen LogP contribution < -0.4 is 4.74 Å². The van der Waals surface area contributed by atoms with Crippen LogP contribution in [0.1, 0.15) is 59.0 Å². The van der Waals surface area contributed by atoms with Gasteiger partial charge in [-0.05, 0) is 62.4 Å². The molecule has 184 valence electrons. The average Bonchev–Trinajstić information content (AvgIpc) is 3.28. The number of para-hydroxylation sites is 1. The molecule has 0 unspecified atom stereocenters. The molecule has 7 heteroatoms. The molecule has 1 aliphatic carbocycles. The molecular formula is C27H39N3O2SSi. The highest BCUT2D eigenvalue weighted by molar-refractivity contribution is 7.21. The van der Waals surface area contributed by atoms with E-state index < -0.39 is 8.32 Å². The summed E-state index contributed by atoms with van der Waals surface area (Å²) >= 11 is 1.67. The molecule has 0 radical (unpaired) electrons. The third-order valence-electron chi connectivity index (χ3n) is 7.86. The van der Waals surface area contributed by atoms with E-state index in [4.69, 9.17) is 19.1 Å². The molecule has 0 amide bonds. The van der Waals surface area contributed by atoms with Gasteiger partial charge in [0.15, 0.2) is 8.32 Å². The molecule has 0 N–H and O–H groups in total. The second-order valence-electron chi connectivity index (χ2n) is 11.3. The first kappa shape index (κ1) is 25.3. The Labute approximate surface area is 209 Å². The zero-order valence-electron chi connectivity index (χ0n) is 22.1. The summed E-state index contributed by atoms with van der Waals surface area (Å²) in [5.74, 6) is 2.38. The van der Waals surface area contributed by atoms with Gasteiger partial charge in [0.1, 0.15) is 16.9 Å². The first-order valence-electron chi connectivity index (χ1n) is 12.5. The van der Waals surface area contributed by atoms with Crippen LogP contribution in [0.2, 0.25) is 18.1 Å². The van der Waals surface area contributed by atoms with Gasteiger partial charge in [-0.25, -0.2) is 9.97 Å². The summed E-state index contributed by atoms with van der Waals surface area (Å²) in [5, 5.41) is 1.06. The fourth-order valence-electron chi connectivity index (χ4n) is 4.74. The van der Waals surface area contributed by atoms with Crippen molar-refractivity contribution < 1.29 is 9.16 Å². The third-order valence-corrected chi connectivity index (χ3v) is 13.4. The monoisotopic (exact) mass is 497 g/mol. The number of benzene rings is 1. The zero-order chi connectivity index (χ0) is 24.8. The van der Waals surface area contributed by atoms with E-state index in [0.29, 0.717) is 17.7 Å². The summed E-state index contributed by atoms with van der Waals surface area (Å²) in [6.07, 6.45) is 2.14. The Bertz CT molecular complexity index is 1140. The Morgan fingerprint density at radius 1 is 1.09 bits per heavy atom. The van der Waals surface area contributed by atoms with Crippen molar-refractivity contribution in [1.29, 1.82) is 0 Å². The Kier molecular flexibility index (Phi) is 6.93. The van der Waals surface area contributed by atoms with Crippen molar-refractivity contribution in [2.45, 2.75) is 91.6 Å². The Balaban J connectivity index is 1.73. The van der Waals surface area contributed by atoms with E-state index in [9.17, 15) is 0 Å². The van der Waals surface area contributed by atoms with Crippen LogP contribution in [0.3, 0.4) is 0 Å². The smallest absolute Gasteiger partial charge is 0.227 e. The maximum absolute atomic E-state index is 7.00. The standard InChI is InChI=1S/C27H39N3O2SSi/c1-10-19-15-21(24(16(19)2)32-34(8,9)27(5,6)7)31-25-23(17(3)28-18(4)29-25)26-30-20-13-11-12-14-22(20)33-26/h11-14,16,19,21,24H,10,15H2,1-9H3/t16-,19+,21-,24-/m1/s1. The maximum Gasteiger partial charge on any atom is 0.227 e. The minimum Gasteiger partial charge on any atom is -0.471 e. The quantitative estimate of drug-likeness (QED) is 0.329. The summed E-state index contributed by atoms with van der Waals surface area (Å²) < 4.78 is 15.0. The molecule has 0 spiro atoms. The van der Waals surface area contributed by atoms with Crippen LogP contribution in [-0.2, 0) is 4.43 Å². The predicted molar refractivity (Wildman–Crippen MR) is 144 cm³/mol. The van der Waals surface area contributed by atoms with E-state index in [1.165, 1.54) is 0 Å². The molecule has 0 bridgehead atoms. The van der Waals surface area contributed by atoms with Gasteiger partial charge in [-0.3, -0.25) is 0 Å². The molecule has 1 aromatic carbocycles. The topological polar surface area (TPSA) is 57.1 Å². The van der Waals surface area contributed by atoms with Crippen molar-refractivity contribution >= 4 is 29.9 Å². The van der Waals surface area contributed by atoms with Gasteiger partial charge in [0, 0.05) is 0 Å². The van der Waals surface area contributed by atoms with Gasteiger partial charge in [0.25, 0.3) is 0 Å². The molecule has 5 nitrogen and oxygen atoms in total. The minimum atomic E-state index is -1.96. The molecule has 4 rings (SSSR count). The highest BCUT2D eigenvalue weighted by atomic mass is 32.1. The third kappa shape index (κ3) is 4.79. The lowest BCUT2D eigenvalue weighted by atomic mass is 9.95. The molecule has 2 heterocycles. The van der Waals surface area contributed by atoms with Crippen LogP contribution in [0.15, 0.2) is 24.3 Å². The largest absolute Gasteiger partial charge is 0.471 e. The Morgan fingerprint density at radius 3 is 2.44 bits per heavy atom. The van der Waals surface area contributed by atoms with Crippen molar-refractivity contribution in [2.24, 2.45) is 11.8 Å². The number of aryl methyl sites for hydroxylation is 2. The summed E-state index contributed by atoms with van der Waals surface area (Å²) in [6.45, 7) is 20.1. The molecule has 4 atom stereocenters. The summed E-state index contributed by atoms with van der Waals surface area (Å²) in [6, 6.07) is 8.23. The van der Waals surface area contributed by atoms with E-state index >= 15 is 0 Å². The van der Waals surface area contributed by atoms with Gasteiger partial charge in [-0.1, -0.05) is 53.2 Å². The first-order valence-corrected chi connectivity index (χ1v) is 16.2. The number of aromatic nitrogens is 3. The SMILES string of the molecule is CC[C@H]1C[C@@H](Oc2nc(C)nc(C)c2-c2nc3ccccc3s2)[C@H](O[Si](C)(C)C(C)(C)C)[C@@H]1C. The normalized spacial score (nSPS) is 23.6. The van der Waals surface area contributed by atoms with Crippen LogP contribution in [0.25, 0.3) is 20.8 Å². The van der Waals surface area contributed by atoms with Crippen LogP contribution in [-0.4, -0.2) is 35.5 Å². The van der Waals surface area contributed by atoms with Crippen molar-refractivity contribution in [3.05, 3.63) is 35.8 Å². The number of hydrogen-bond donors (Lipinski definition) is 0. The van der Waals surface area contributed by atoms with Crippen LogP contribution in [0.5, 0.6) is 5.88 Å². The van der Waals surface area contributed by atoms with Gasteiger partial charge < -0.3 is 9.16 Å². The average molecular weight is 498 g/mol. The lowest BCUT2D eigenvalue weighted by molar-refractivity contribution is 0.0437. The molecule has 34 heavy (non-hydrogen) atoms. The second-order valence-corrected chi connectivity index (χ2v) is 17.1. The van der Waals surface area contributed by atoms with Crippen LogP contribution in [0.4, 0.5) is 0 Å². The van der Waals surface area contributed by atoms with E-state index in [1.54, 1.807) is 11.3 Å². The fraction of sp³-hybridized carbons (Fsp3) is 0.593. The number of hydrogen-bond acceptors (Lipinski definition) is 6. The number of ether oxygens (including phenoxy) is 1. The molecule has 0 saturated heterocycles. The molecule has 3 aromatic rings. The minimum absolute atomic E-state index is 0.0316. The molecule has 1 fully saturated rings. The van der Waals surface area contributed by atoms with Crippen molar-refractivity contribution in [3.8, 4) is 16.5 Å². The van der Waals surface area contributed by atoms with Gasteiger partial charge in [-0.15, -0.1) is 11.3 Å². The molecule has 2 aromatic heterocycles. The van der Waals surface area contributed by atoms with E-state index in [-0.39, 0.29) is 17.2 Å². The van der Waals surface area contributed by atoms with Crippen LogP contribution in [0, 0.1) is 25.7 Å². The number of thiazole rings is 1. The second kappa shape index (κ2) is 9.32. The van der Waals surface area contributed by atoms with Gasteiger partial charge >= 0.3 is 0 Å². The number of rotatable bonds is 6. The summed E-state index contributed by atoms with van der Waals surface area (Å²) in [4.78, 5) is 14.4. The highest BCUT2D eigenvalue weighted by Gasteiger charge is 2.48. The maximum atomic E-state index is 7.00. The molecular weight excluding hydrogens is 458 g/mol. The van der Waals surface area contributed by atoms with Crippen LogP contribution >= 0.6 is 11.3 Å². The number of fused-ring (bicyclic) bond motifs is 1. The Hall–Kier alpha value is -1.83.